The van der Waals surface area contributed by atoms with Crippen LogP contribution in [-0.4, -0.2) is 61.0 Å². The van der Waals surface area contributed by atoms with Crippen LogP contribution < -0.4 is 5.32 Å². The minimum Gasteiger partial charge on any atom is -0.342 e. The van der Waals surface area contributed by atoms with Crippen molar-refractivity contribution in [3.05, 3.63) is 0 Å². The Labute approximate surface area is 167 Å². The van der Waals surface area contributed by atoms with E-state index >= 15 is 0 Å². The molecule has 0 radical (unpaired) electrons. The molecule has 1 aliphatic carbocycles. The van der Waals surface area contributed by atoms with Crippen molar-refractivity contribution in [3.8, 4) is 0 Å². The maximum absolute atomic E-state index is 12.9. The Morgan fingerprint density at radius 1 is 0.926 bits per heavy atom. The van der Waals surface area contributed by atoms with Crippen molar-refractivity contribution in [2.24, 2.45) is 17.3 Å². The first-order chi connectivity index (χ1) is 13.2. The molecule has 1 amide bonds. The summed E-state index contributed by atoms with van der Waals surface area (Å²) < 4.78 is 0. The molecule has 1 N–H and O–H groups in total. The van der Waals surface area contributed by atoms with E-state index in [0.29, 0.717) is 17.2 Å². The number of amides is 1. The molecule has 1 spiro atoms. The molecular formula is C23H43N3O. The SMILES string of the molecule is CC.CCC1CCN(C2CCC(C(=O)N3CCC4(CC3)CNC4)CC2)CC1. The van der Waals surface area contributed by atoms with Crippen molar-refractivity contribution < 1.29 is 4.79 Å². The summed E-state index contributed by atoms with van der Waals surface area (Å²) in [6.45, 7) is 13.3. The van der Waals surface area contributed by atoms with E-state index in [0.717, 1.165) is 37.9 Å². The fourth-order valence-electron chi connectivity index (χ4n) is 5.71. The number of carbonyl (C=O) groups is 1. The average Bonchev–Trinajstić information content (AvgIpc) is 2.74. The van der Waals surface area contributed by atoms with Crippen LogP contribution in [0.2, 0.25) is 0 Å². The van der Waals surface area contributed by atoms with Crippen molar-refractivity contribution in [1.82, 2.24) is 15.1 Å². The van der Waals surface area contributed by atoms with Crippen molar-refractivity contribution in [3.63, 3.8) is 0 Å². The number of hydrogen-bond donors (Lipinski definition) is 1. The summed E-state index contributed by atoms with van der Waals surface area (Å²) in [5.74, 6) is 1.76. The van der Waals surface area contributed by atoms with Gasteiger partial charge in [0.1, 0.15) is 0 Å². The van der Waals surface area contributed by atoms with Crippen molar-refractivity contribution in [2.75, 3.05) is 39.3 Å². The van der Waals surface area contributed by atoms with E-state index in [-0.39, 0.29) is 0 Å². The summed E-state index contributed by atoms with van der Waals surface area (Å²) in [4.78, 5) is 17.9. The Balaban J connectivity index is 0.00000102. The second-order valence-corrected chi connectivity index (χ2v) is 9.32. The molecule has 156 valence electrons. The minimum atomic E-state index is 0.318. The Morgan fingerprint density at radius 3 is 2.00 bits per heavy atom. The van der Waals surface area contributed by atoms with Gasteiger partial charge < -0.3 is 15.1 Å². The first-order valence-electron chi connectivity index (χ1n) is 11.9. The van der Waals surface area contributed by atoms with Gasteiger partial charge in [-0.15, -0.1) is 0 Å². The zero-order valence-electron chi connectivity index (χ0n) is 18.1. The van der Waals surface area contributed by atoms with Gasteiger partial charge >= 0.3 is 0 Å². The van der Waals surface area contributed by atoms with Gasteiger partial charge in [-0.2, -0.15) is 0 Å². The van der Waals surface area contributed by atoms with E-state index in [1.54, 1.807) is 0 Å². The van der Waals surface area contributed by atoms with E-state index in [2.05, 4.69) is 22.0 Å². The Morgan fingerprint density at radius 2 is 1.52 bits per heavy atom. The van der Waals surface area contributed by atoms with Gasteiger partial charge in [-0.1, -0.05) is 27.2 Å². The number of hydrogen-bond acceptors (Lipinski definition) is 3. The Hall–Kier alpha value is -0.610. The highest BCUT2D eigenvalue weighted by Crippen LogP contribution is 2.37. The van der Waals surface area contributed by atoms with E-state index < -0.39 is 0 Å². The topological polar surface area (TPSA) is 35.6 Å². The molecule has 4 aliphatic rings. The van der Waals surface area contributed by atoms with E-state index in [1.165, 1.54) is 71.1 Å². The van der Waals surface area contributed by atoms with Gasteiger partial charge in [0, 0.05) is 38.1 Å². The van der Waals surface area contributed by atoms with Gasteiger partial charge in [0.25, 0.3) is 0 Å². The first kappa shape index (κ1) is 21.1. The molecule has 4 heteroatoms. The van der Waals surface area contributed by atoms with E-state index in [4.69, 9.17) is 0 Å². The molecule has 3 heterocycles. The van der Waals surface area contributed by atoms with Gasteiger partial charge in [-0.25, -0.2) is 0 Å². The minimum absolute atomic E-state index is 0.318. The summed E-state index contributed by atoms with van der Waals surface area (Å²) in [5, 5.41) is 3.41. The fraction of sp³-hybridized carbons (Fsp3) is 0.957. The van der Waals surface area contributed by atoms with Crippen LogP contribution in [0.1, 0.15) is 78.6 Å². The largest absolute Gasteiger partial charge is 0.342 e. The molecular weight excluding hydrogens is 334 g/mol. The molecule has 3 saturated heterocycles. The number of piperidine rings is 2. The lowest BCUT2D eigenvalue weighted by Crippen LogP contribution is -2.59. The predicted molar refractivity (Wildman–Crippen MR) is 113 cm³/mol. The third-order valence-electron chi connectivity index (χ3n) is 7.92. The van der Waals surface area contributed by atoms with Crippen molar-refractivity contribution in [2.45, 2.75) is 84.6 Å². The summed E-state index contributed by atoms with van der Waals surface area (Å²) in [5.41, 5.74) is 0.541. The molecule has 1 saturated carbocycles. The molecule has 0 aromatic rings. The molecule has 3 aliphatic heterocycles. The van der Waals surface area contributed by atoms with Gasteiger partial charge in [0.05, 0.1) is 0 Å². The third-order valence-corrected chi connectivity index (χ3v) is 7.92. The Bertz CT molecular complexity index is 450. The highest BCUT2D eigenvalue weighted by atomic mass is 16.2. The maximum Gasteiger partial charge on any atom is 0.225 e. The van der Waals surface area contributed by atoms with Gasteiger partial charge in [0.15, 0.2) is 0 Å². The van der Waals surface area contributed by atoms with Crippen LogP contribution in [0.25, 0.3) is 0 Å². The van der Waals surface area contributed by atoms with E-state index in [9.17, 15) is 4.79 Å². The maximum atomic E-state index is 12.9. The zero-order valence-corrected chi connectivity index (χ0v) is 18.1. The Kier molecular flexibility index (Phi) is 7.61. The zero-order chi connectivity index (χ0) is 19.3. The average molecular weight is 378 g/mol. The molecule has 0 atom stereocenters. The highest BCUT2D eigenvalue weighted by molar-refractivity contribution is 5.79. The molecule has 4 fully saturated rings. The van der Waals surface area contributed by atoms with Crippen LogP contribution >= 0.6 is 0 Å². The lowest BCUT2D eigenvalue weighted by molar-refractivity contribution is -0.140. The molecule has 0 unspecified atom stereocenters. The molecule has 4 rings (SSSR count). The normalized spacial score (nSPS) is 31.7. The number of rotatable bonds is 3. The van der Waals surface area contributed by atoms with Crippen LogP contribution in [0.3, 0.4) is 0 Å². The smallest absolute Gasteiger partial charge is 0.225 e. The van der Waals surface area contributed by atoms with Crippen molar-refractivity contribution in [1.29, 1.82) is 0 Å². The fourth-order valence-corrected chi connectivity index (χ4v) is 5.71. The molecule has 0 aromatic heterocycles. The van der Waals surface area contributed by atoms with Gasteiger partial charge in [-0.05, 0) is 75.8 Å². The summed E-state index contributed by atoms with van der Waals surface area (Å²) in [6, 6.07) is 0.757. The van der Waals surface area contributed by atoms with Crippen LogP contribution in [0.15, 0.2) is 0 Å². The number of nitrogens with one attached hydrogen (secondary N) is 1. The number of nitrogens with zero attached hydrogens (tertiary/aromatic N) is 2. The van der Waals surface area contributed by atoms with Crippen LogP contribution in [-0.2, 0) is 4.79 Å². The van der Waals surface area contributed by atoms with E-state index in [1.807, 2.05) is 13.8 Å². The molecule has 0 bridgehead atoms. The molecule has 0 aromatic carbocycles. The number of carbonyl (C=O) groups excluding carboxylic acids is 1. The summed E-state index contributed by atoms with van der Waals surface area (Å²) in [6.07, 6.45) is 11.3. The molecule has 4 nitrogen and oxygen atoms in total. The second kappa shape index (κ2) is 9.73. The summed E-state index contributed by atoms with van der Waals surface area (Å²) >= 11 is 0. The lowest BCUT2D eigenvalue weighted by Gasteiger charge is -2.49. The standard InChI is InChI=1S/C21H37N3O.C2H6/c1-2-17-7-11-23(12-8-17)19-5-3-18(4-6-19)20(25)24-13-9-21(10-14-24)15-22-16-21;1-2/h17-19,22H,2-16H2,1H3;1-2H3. The first-order valence-corrected chi connectivity index (χ1v) is 11.9. The monoisotopic (exact) mass is 377 g/mol. The quantitative estimate of drug-likeness (QED) is 0.810. The van der Waals surface area contributed by atoms with Gasteiger partial charge in [-0.3, -0.25) is 4.79 Å². The van der Waals surface area contributed by atoms with Crippen LogP contribution in [0, 0.1) is 17.3 Å². The lowest BCUT2D eigenvalue weighted by atomic mass is 9.73. The second-order valence-electron chi connectivity index (χ2n) is 9.32. The number of likely N-dealkylation sites (tertiary alicyclic amines) is 2. The summed E-state index contributed by atoms with van der Waals surface area (Å²) in [7, 11) is 0. The molecule has 27 heavy (non-hydrogen) atoms. The van der Waals surface area contributed by atoms with Crippen LogP contribution in [0.5, 0.6) is 0 Å². The van der Waals surface area contributed by atoms with Gasteiger partial charge in [0.2, 0.25) is 5.91 Å². The third kappa shape index (κ3) is 4.87. The van der Waals surface area contributed by atoms with Crippen LogP contribution in [0.4, 0.5) is 0 Å². The highest BCUT2D eigenvalue weighted by Gasteiger charge is 2.41. The van der Waals surface area contributed by atoms with Crippen molar-refractivity contribution >= 4 is 5.91 Å². The predicted octanol–water partition coefficient (Wildman–Crippen LogP) is 3.91.